The Hall–Kier alpha value is -1.71. The molecule has 116 valence electrons. The first-order chi connectivity index (χ1) is 9.99. The number of hydrogen-bond donors (Lipinski definition) is 2. The third-order valence-corrected chi connectivity index (χ3v) is 4.27. The number of anilines is 2. The summed E-state index contributed by atoms with van der Waals surface area (Å²) < 4.78 is 0. The van der Waals surface area contributed by atoms with Crippen LogP contribution in [0.3, 0.4) is 0 Å². The lowest BCUT2D eigenvalue weighted by Crippen LogP contribution is -2.36. The fraction of sp³-hybridized carbons (Fsp3) is 0.588. The van der Waals surface area contributed by atoms with Crippen molar-refractivity contribution in [2.45, 2.75) is 52.0 Å². The van der Waals surface area contributed by atoms with Gasteiger partial charge in [-0.05, 0) is 43.4 Å². The van der Waals surface area contributed by atoms with Gasteiger partial charge in [-0.15, -0.1) is 0 Å². The zero-order chi connectivity index (χ0) is 15.4. The van der Waals surface area contributed by atoms with E-state index in [1.54, 1.807) is 12.1 Å². The molecular formula is C17H26N2O2. The van der Waals surface area contributed by atoms with Crippen LogP contribution in [-0.2, 0) is 0 Å². The first-order valence-corrected chi connectivity index (χ1v) is 7.88. The van der Waals surface area contributed by atoms with Crippen molar-refractivity contribution >= 4 is 17.3 Å². The molecule has 0 aliphatic heterocycles. The van der Waals surface area contributed by atoms with Crippen LogP contribution < -0.4 is 10.6 Å². The van der Waals surface area contributed by atoms with Gasteiger partial charge in [-0.25, -0.2) is 4.79 Å². The highest BCUT2D eigenvalue weighted by Crippen LogP contribution is 2.32. The Morgan fingerprint density at radius 2 is 2.05 bits per heavy atom. The quantitative estimate of drug-likeness (QED) is 0.783. The molecule has 0 unspecified atom stereocenters. The highest BCUT2D eigenvalue weighted by Gasteiger charge is 2.26. The van der Waals surface area contributed by atoms with Gasteiger partial charge in [0.1, 0.15) is 0 Å². The van der Waals surface area contributed by atoms with Gasteiger partial charge in [0.05, 0.1) is 11.3 Å². The second kappa shape index (κ2) is 6.83. The summed E-state index contributed by atoms with van der Waals surface area (Å²) >= 11 is 0. The average Bonchev–Trinajstić information content (AvgIpc) is 2.93. The number of benzene rings is 1. The standard InChI is InChI=1S/C17H26N2O2/c1-12(2)9-10-19(14-5-3-4-6-14)16-8-7-13(18)11-15(16)17(20)21/h7-8,11-12,14H,3-6,9-10,18H2,1-2H3,(H,20,21). The molecule has 0 amide bonds. The van der Waals surface area contributed by atoms with E-state index in [2.05, 4.69) is 18.7 Å². The molecule has 4 heteroatoms. The van der Waals surface area contributed by atoms with Crippen LogP contribution in [-0.4, -0.2) is 23.7 Å². The van der Waals surface area contributed by atoms with E-state index in [0.717, 1.165) is 31.5 Å². The third-order valence-electron chi connectivity index (χ3n) is 4.27. The van der Waals surface area contributed by atoms with E-state index in [1.807, 2.05) is 6.07 Å². The number of nitrogens with zero attached hydrogens (tertiary/aromatic N) is 1. The molecule has 0 spiro atoms. The Morgan fingerprint density at radius 3 is 2.62 bits per heavy atom. The molecule has 2 rings (SSSR count). The van der Waals surface area contributed by atoms with Crippen LogP contribution in [0.5, 0.6) is 0 Å². The van der Waals surface area contributed by atoms with Gasteiger partial charge in [-0.3, -0.25) is 0 Å². The van der Waals surface area contributed by atoms with Crippen LogP contribution in [0.4, 0.5) is 11.4 Å². The topological polar surface area (TPSA) is 66.6 Å². The fourth-order valence-electron chi connectivity index (χ4n) is 3.09. The molecule has 1 aliphatic carbocycles. The van der Waals surface area contributed by atoms with Gasteiger partial charge < -0.3 is 15.7 Å². The average molecular weight is 290 g/mol. The Morgan fingerprint density at radius 1 is 1.38 bits per heavy atom. The SMILES string of the molecule is CC(C)CCN(c1ccc(N)cc1C(=O)O)C1CCCC1. The molecule has 1 aromatic carbocycles. The van der Waals surface area contributed by atoms with Gasteiger partial charge >= 0.3 is 5.97 Å². The first-order valence-electron chi connectivity index (χ1n) is 7.88. The van der Waals surface area contributed by atoms with E-state index in [0.29, 0.717) is 23.2 Å². The highest BCUT2D eigenvalue weighted by atomic mass is 16.4. The van der Waals surface area contributed by atoms with Crippen LogP contribution in [0, 0.1) is 5.92 Å². The minimum Gasteiger partial charge on any atom is -0.478 e. The minimum atomic E-state index is -0.898. The minimum absolute atomic E-state index is 0.325. The maximum Gasteiger partial charge on any atom is 0.337 e. The molecule has 0 bridgehead atoms. The van der Waals surface area contributed by atoms with E-state index < -0.39 is 5.97 Å². The van der Waals surface area contributed by atoms with Gasteiger partial charge in [0.15, 0.2) is 0 Å². The van der Waals surface area contributed by atoms with Crippen LogP contribution in [0.2, 0.25) is 0 Å². The van der Waals surface area contributed by atoms with Crippen LogP contribution in [0.15, 0.2) is 18.2 Å². The predicted molar refractivity (Wildman–Crippen MR) is 86.9 cm³/mol. The van der Waals surface area contributed by atoms with E-state index in [1.165, 1.54) is 12.8 Å². The summed E-state index contributed by atoms with van der Waals surface area (Å²) in [6, 6.07) is 5.72. The highest BCUT2D eigenvalue weighted by molar-refractivity contribution is 5.95. The molecule has 0 saturated heterocycles. The monoisotopic (exact) mass is 290 g/mol. The van der Waals surface area contributed by atoms with Crippen molar-refractivity contribution in [3.05, 3.63) is 23.8 Å². The number of rotatable bonds is 6. The number of carboxylic acid groups (broad SMARTS) is 1. The summed E-state index contributed by atoms with van der Waals surface area (Å²) in [5, 5.41) is 9.48. The Labute approximate surface area is 126 Å². The molecule has 1 aromatic rings. The zero-order valence-electron chi connectivity index (χ0n) is 13.0. The molecule has 0 aromatic heterocycles. The predicted octanol–water partition coefficient (Wildman–Crippen LogP) is 3.76. The lowest BCUT2D eigenvalue weighted by molar-refractivity contribution is 0.0697. The number of aromatic carboxylic acids is 1. The third kappa shape index (κ3) is 3.90. The summed E-state index contributed by atoms with van der Waals surface area (Å²) in [4.78, 5) is 13.9. The second-order valence-corrected chi connectivity index (χ2v) is 6.40. The summed E-state index contributed by atoms with van der Waals surface area (Å²) in [6.07, 6.45) is 5.85. The van der Waals surface area contributed by atoms with Crippen molar-refractivity contribution in [1.82, 2.24) is 0 Å². The number of nitrogens with two attached hydrogens (primary N) is 1. The van der Waals surface area contributed by atoms with Crippen LogP contribution >= 0.6 is 0 Å². The lowest BCUT2D eigenvalue weighted by atomic mass is 10.0. The van der Waals surface area contributed by atoms with Gasteiger partial charge in [-0.2, -0.15) is 0 Å². The zero-order valence-corrected chi connectivity index (χ0v) is 13.0. The van der Waals surface area contributed by atoms with E-state index in [-0.39, 0.29) is 0 Å². The van der Waals surface area contributed by atoms with Crippen molar-refractivity contribution in [1.29, 1.82) is 0 Å². The van der Waals surface area contributed by atoms with E-state index >= 15 is 0 Å². The molecule has 0 atom stereocenters. The van der Waals surface area contributed by atoms with Crippen molar-refractivity contribution in [3.63, 3.8) is 0 Å². The Balaban J connectivity index is 2.32. The van der Waals surface area contributed by atoms with Gasteiger partial charge in [0.2, 0.25) is 0 Å². The molecule has 4 nitrogen and oxygen atoms in total. The molecule has 1 aliphatic rings. The maximum atomic E-state index is 11.5. The number of nitrogen functional groups attached to an aromatic ring is 1. The summed E-state index contributed by atoms with van der Waals surface area (Å²) in [7, 11) is 0. The molecule has 1 fully saturated rings. The molecule has 1 saturated carbocycles. The number of carbonyl (C=O) groups is 1. The summed E-state index contributed by atoms with van der Waals surface area (Å²) in [5.41, 5.74) is 7.41. The van der Waals surface area contributed by atoms with E-state index in [4.69, 9.17) is 5.73 Å². The summed E-state index contributed by atoms with van der Waals surface area (Å²) in [5.74, 6) is -0.291. The largest absolute Gasteiger partial charge is 0.478 e. The smallest absolute Gasteiger partial charge is 0.337 e. The fourth-order valence-corrected chi connectivity index (χ4v) is 3.09. The van der Waals surface area contributed by atoms with Crippen molar-refractivity contribution in [2.75, 3.05) is 17.2 Å². The van der Waals surface area contributed by atoms with Crippen LogP contribution in [0.25, 0.3) is 0 Å². The molecule has 21 heavy (non-hydrogen) atoms. The van der Waals surface area contributed by atoms with Crippen molar-refractivity contribution in [3.8, 4) is 0 Å². The molecule has 0 radical (unpaired) electrons. The Kier molecular flexibility index (Phi) is 5.10. The second-order valence-electron chi connectivity index (χ2n) is 6.40. The Bertz CT molecular complexity index is 494. The van der Waals surface area contributed by atoms with Crippen molar-refractivity contribution < 1.29 is 9.90 Å². The first kappa shape index (κ1) is 15.7. The van der Waals surface area contributed by atoms with E-state index in [9.17, 15) is 9.90 Å². The normalized spacial score (nSPS) is 15.6. The van der Waals surface area contributed by atoms with Gasteiger partial charge in [-0.1, -0.05) is 26.7 Å². The van der Waals surface area contributed by atoms with Crippen molar-refractivity contribution in [2.24, 2.45) is 5.92 Å². The summed E-state index contributed by atoms with van der Waals surface area (Å²) in [6.45, 7) is 5.31. The maximum absolute atomic E-state index is 11.5. The molecule has 3 N–H and O–H groups in total. The molecular weight excluding hydrogens is 264 g/mol. The number of hydrogen-bond acceptors (Lipinski definition) is 3. The number of carboxylic acids is 1. The lowest BCUT2D eigenvalue weighted by Gasteiger charge is -2.33. The van der Waals surface area contributed by atoms with Crippen LogP contribution in [0.1, 0.15) is 56.3 Å². The molecule has 0 heterocycles. The van der Waals surface area contributed by atoms with Gasteiger partial charge in [0.25, 0.3) is 0 Å². The van der Waals surface area contributed by atoms with Gasteiger partial charge in [0, 0.05) is 18.3 Å².